The number of fused-ring (bicyclic) bond motifs is 1. The molecular weight excluding hydrogens is 229 g/mol. The molecule has 3 rings (SSSR count). The molecule has 1 amide bonds. The molecule has 0 aromatic heterocycles. The second kappa shape index (κ2) is 4.38. The Balaban J connectivity index is 1.88. The minimum Gasteiger partial charge on any atom is -0.335 e. The summed E-state index contributed by atoms with van der Waals surface area (Å²) in [4.78, 5) is 14.3. The lowest BCUT2D eigenvalue weighted by atomic mass is 9.92. The van der Waals surface area contributed by atoms with Crippen LogP contribution in [0, 0.1) is 11.7 Å². The SMILES string of the molecule is CCC1Cc2cc(F)ccc2CN1C(=O)C1CC1. The van der Waals surface area contributed by atoms with E-state index in [1.54, 1.807) is 6.07 Å². The van der Waals surface area contributed by atoms with E-state index in [1.165, 1.54) is 6.07 Å². The molecule has 1 fully saturated rings. The van der Waals surface area contributed by atoms with Crippen molar-refractivity contribution in [2.24, 2.45) is 5.92 Å². The zero-order chi connectivity index (χ0) is 12.7. The van der Waals surface area contributed by atoms with Gasteiger partial charge in [-0.15, -0.1) is 0 Å². The fourth-order valence-electron chi connectivity index (χ4n) is 2.80. The standard InChI is InChI=1S/C15H18FNO/c1-2-14-8-12-7-13(16)6-5-11(12)9-17(14)15(18)10-3-4-10/h5-7,10,14H,2-4,8-9H2,1H3. The number of hydrogen-bond donors (Lipinski definition) is 0. The number of nitrogens with zero attached hydrogens (tertiary/aromatic N) is 1. The Morgan fingerprint density at radius 3 is 2.83 bits per heavy atom. The molecule has 2 aliphatic rings. The first kappa shape index (κ1) is 11.7. The van der Waals surface area contributed by atoms with Gasteiger partial charge in [-0.1, -0.05) is 13.0 Å². The minimum atomic E-state index is -0.175. The van der Waals surface area contributed by atoms with Gasteiger partial charge in [-0.2, -0.15) is 0 Å². The molecule has 96 valence electrons. The smallest absolute Gasteiger partial charge is 0.226 e. The number of carbonyl (C=O) groups is 1. The number of hydrogen-bond acceptors (Lipinski definition) is 1. The highest BCUT2D eigenvalue weighted by Crippen LogP contribution is 2.35. The molecule has 0 N–H and O–H groups in total. The lowest BCUT2D eigenvalue weighted by Gasteiger charge is -2.36. The van der Waals surface area contributed by atoms with E-state index in [0.717, 1.165) is 36.8 Å². The van der Waals surface area contributed by atoms with Gasteiger partial charge < -0.3 is 4.90 Å². The van der Waals surface area contributed by atoms with Gasteiger partial charge in [0.15, 0.2) is 0 Å². The zero-order valence-electron chi connectivity index (χ0n) is 10.7. The molecule has 1 heterocycles. The maximum atomic E-state index is 13.2. The maximum Gasteiger partial charge on any atom is 0.226 e. The number of rotatable bonds is 2. The van der Waals surface area contributed by atoms with Crippen LogP contribution in [-0.4, -0.2) is 16.8 Å². The Bertz CT molecular complexity index is 481. The second-order valence-corrected chi connectivity index (χ2v) is 5.42. The minimum absolute atomic E-state index is 0.175. The van der Waals surface area contributed by atoms with E-state index in [0.29, 0.717) is 12.5 Å². The van der Waals surface area contributed by atoms with E-state index in [4.69, 9.17) is 0 Å². The molecular formula is C15H18FNO. The molecule has 0 bridgehead atoms. The predicted octanol–water partition coefficient (Wildman–Crippen LogP) is 2.90. The molecule has 0 spiro atoms. The highest BCUT2D eigenvalue weighted by atomic mass is 19.1. The van der Waals surface area contributed by atoms with Crippen LogP contribution in [0.1, 0.15) is 37.3 Å². The summed E-state index contributed by atoms with van der Waals surface area (Å²) < 4.78 is 13.2. The monoisotopic (exact) mass is 247 g/mol. The topological polar surface area (TPSA) is 20.3 Å². The fraction of sp³-hybridized carbons (Fsp3) is 0.533. The zero-order valence-corrected chi connectivity index (χ0v) is 10.7. The first-order valence-electron chi connectivity index (χ1n) is 6.77. The highest BCUT2D eigenvalue weighted by molar-refractivity contribution is 5.81. The number of amides is 1. The van der Waals surface area contributed by atoms with Gasteiger partial charge in [0, 0.05) is 18.5 Å². The van der Waals surface area contributed by atoms with Crippen LogP contribution in [0.15, 0.2) is 18.2 Å². The van der Waals surface area contributed by atoms with Crippen molar-refractivity contribution in [3.8, 4) is 0 Å². The van der Waals surface area contributed by atoms with Crippen molar-refractivity contribution in [2.75, 3.05) is 0 Å². The van der Waals surface area contributed by atoms with Crippen LogP contribution in [0.25, 0.3) is 0 Å². The van der Waals surface area contributed by atoms with E-state index in [-0.39, 0.29) is 17.8 Å². The third-order valence-electron chi connectivity index (χ3n) is 4.09. The van der Waals surface area contributed by atoms with Crippen molar-refractivity contribution in [3.63, 3.8) is 0 Å². The maximum absolute atomic E-state index is 13.2. The number of carbonyl (C=O) groups excluding carboxylic acids is 1. The van der Waals surface area contributed by atoms with Crippen LogP contribution in [0.3, 0.4) is 0 Å². The highest BCUT2D eigenvalue weighted by Gasteiger charge is 2.37. The lowest BCUT2D eigenvalue weighted by molar-refractivity contribution is -0.136. The van der Waals surface area contributed by atoms with Crippen molar-refractivity contribution < 1.29 is 9.18 Å². The third-order valence-corrected chi connectivity index (χ3v) is 4.09. The van der Waals surface area contributed by atoms with Gasteiger partial charge in [0.25, 0.3) is 0 Å². The summed E-state index contributed by atoms with van der Waals surface area (Å²) in [5.41, 5.74) is 2.18. The fourth-order valence-corrected chi connectivity index (χ4v) is 2.80. The van der Waals surface area contributed by atoms with Gasteiger partial charge in [-0.25, -0.2) is 4.39 Å². The van der Waals surface area contributed by atoms with E-state index in [2.05, 4.69) is 6.92 Å². The Hall–Kier alpha value is -1.38. The molecule has 18 heavy (non-hydrogen) atoms. The predicted molar refractivity (Wildman–Crippen MR) is 67.5 cm³/mol. The van der Waals surface area contributed by atoms with Crippen molar-refractivity contribution in [1.29, 1.82) is 0 Å². The van der Waals surface area contributed by atoms with E-state index in [1.807, 2.05) is 11.0 Å². The van der Waals surface area contributed by atoms with Crippen molar-refractivity contribution in [3.05, 3.63) is 35.1 Å². The second-order valence-electron chi connectivity index (χ2n) is 5.42. The van der Waals surface area contributed by atoms with E-state index in [9.17, 15) is 9.18 Å². The van der Waals surface area contributed by atoms with Crippen LogP contribution < -0.4 is 0 Å². The molecule has 0 saturated heterocycles. The molecule has 0 radical (unpaired) electrons. The van der Waals surface area contributed by atoms with Crippen LogP contribution in [-0.2, 0) is 17.8 Å². The summed E-state index contributed by atoms with van der Waals surface area (Å²) in [6.07, 6.45) is 3.82. The summed E-state index contributed by atoms with van der Waals surface area (Å²) in [6.45, 7) is 2.76. The Labute approximate surface area is 107 Å². The van der Waals surface area contributed by atoms with Gasteiger partial charge >= 0.3 is 0 Å². The number of benzene rings is 1. The van der Waals surface area contributed by atoms with Gasteiger partial charge in [0.05, 0.1) is 0 Å². The largest absolute Gasteiger partial charge is 0.335 e. The molecule has 1 saturated carbocycles. The third kappa shape index (κ3) is 2.02. The normalized spacial score (nSPS) is 22.8. The average molecular weight is 247 g/mol. The summed E-state index contributed by atoms with van der Waals surface area (Å²) in [5, 5.41) is 0. The van der Waals surface area contributed by atoms with E-state index < -0.39 is 0 Å². The van der Waals surface area contributed by atoms with Crippen LogP contribution >= 0.6 is 0 Å². The lowest BCUT2D eigenvalue weighted by Crippen LogP contribution is -2.44. The first-order chi connectivity index (χ1) is 8.69. The van der Waals surface area contributed by atoms with Gasteiger partial charge in [-0.3, -0.25) is 4.79 Å². The summed E-state index contributed by atoms with van der Waals surface area (Å²) in [5.74, 6) is 0.392. The van der Waals surface area contributed by atoms with Crippen LogP contribution in [0.2, 0.25) is 0 Å². The van der Waals surface area contributed by atoms with E-state index >= 15 is 0 Å². The van der Waals surface area contributed by atoms with Gasteiger partial charge in [0.1, 0.15) is 5.82 Å². The van der Waals surface area contributed by atoms with Crippen molar-refractivity contribution >= 4 is 5.91 Å². The molecule has 1 aromatic carbocycles. The average Bonchev–Trinajstić information content (AvgIpc) is 3.20. The summed E-state index contributed by atoms with van der Waals surface area (Å²) >= 11 is 0. The number of halogens is 1. The molecule has 1 aliphatic carbocycles. The molecule has 1 atom stereocenters. The summed E-state index contributed by atoms with van der Waals surface area (Å²) in [6, 6.07) is 5.18. The Morgan fingerprint density at radius 1 is 1.39 bits per heavy atom. The first-order valence-corrected chi connectivity index (χ1v) is 6.77. The molecule has 1 unspecified atom stereocenters. The Kier molecular flexibility index (Phi) is 2.84. The molecule has 1 aliphatic heterocycles. The van der Waals surface area contributed by atoms with Crippen molar-refractivity contribution in [2.45, 2.75) is 45.2 Å². The van der Waals surface area contributed by atoms with Gasteiger partial charge in [-0.05, 0) is 48.9 Å². The summed E-state index contributed by atoms with van der Waals surface area (Å²) in [7, 11) is 0. The van der Waals surface area contributed by atoms with Crippen LogP contribution in [0.4, 0.5) is 4.39 Å². The Morgan fingerprint density at radius 2 is 2.17 bits per heavy atom. The molecule has 1 aromatic rings. The quantitative estimate of drug-likeness (QED) is 0.787. The molecule has 3 heteroatoms. The molecule has 2 nitrogen and oxygen atoms in total. The van der Waals surface area contributed by atoms with Crippen LogP contribution in [0.5, 0.6) is 0 Å². The van der Waals surface area contributed by atoms with Crippen molar-refractivity contribution in [1.82, 2.24) is 4.90 Å². The van der Waals surface area contributed by atoms with Gasteiger partial charge in [0.2, 0.25) is 5.91 Å².